The molecule has 132 valence electrons. The summed E-state index contributed by atoms with van der Waals surface area (Å²) in [6, 6.07) is 7.47. The quantitative estimate of drug-likeness (QED) is 0.474. The van der Waals surface area contributed by atoms with Gasteiger partial charge in [0.1, 0.15) is 0 Å². The molecule has 1 aromatic carbocycles. The number of benzene rings is 1. The maximum Gasteiger partial charge on any atom is 0.262 e. The molecule has 7 heteroatoms. The Morgan fingerprint density at radius 3 is 2.76 bits per heavy atom. The van der Waals surface area contributed by atoms with Crippen LogP contribution in [0.5, 0.6) is 0 Å². The molecule has 0 amide bonds. The van der Waals surface area contributed by atoms with Crippen molar-refractivity contribution < 1.29 is 4.52 Å². The first-order valence-corrected chi connectivity index (χ1v) is 9.51. The molecule has 0 radical (unpaired) electrons. The molecule has 3 aromatic rings. The van der Waals surface area contributed by atoms with Gasteiger partial charge in [-0.1, -0.05) is 49.8 Å². The van der Waals surface area contributed by atoms with Crippen LogP contribution < -0.4 is 5.56 Å². The van der Waals surface area contributed by atoms with Crippen LogP contribution in [0.1, 0.15) is 38.9 Å². The minimum Gasteiger partial charge on any atom is -0.339 e. The van der Waals surface area contributed by atoms with Crippen molar-refractivity contribution in [2.24, 2.45) is 5.92 Å². The lowest BCUT2D eigenvalue weighted by Crippen LogP contribution is -2.24. The van der Waals surface area contributed by atoms with Crippen LogP contribution in [0, 0.1) is 5.92 Å². The van der Waals surface area contributed by atoms with Crippen LogP contribution in [0.4, 0.5) is 0 Å². The number of fused-ring (bicyclic) bond motifs is 1. The number of aromatic nitrogens is 4. The summed E-state index contributed by atoms with van der Waals surface area (Å²) in [5, 5.41) is 5.33. The molecular weight excluding hydrogens is 336 g/mol. The Labute approximate surface area is 150 Å². The van der Waals surface area contributed by atoms with Crippen LogP contribution >= 0.6 is 11.8 Å². The second-order valence-electron chi connectivity index (χ2n) is 6.30. The number of aryl methyl sites for hydroxylation is 1. The van der Waals surface area contributed by atoms with E-state index >= 15 is 0 Å². The van der Waals surface area contributed by atoms with E-state index in [-0.39, 0.29) is 5.56 Å². The second kappa shape index (κ2) is 7.82. The first-order chi connectivity index (χ1) is 12.1. The molecule has 0 fully saturated rings. The summed E-state index contributed by atoms with van der Waals surface area (Å²) in [5.74, 6) is 2.29. The number of nitrogens with zero attached hydrogens (tertiary/aromatic N) is 4. The van der Waals surface area contributed by atoms with Crippen molar-refractivity contribution in [3.63, 3.8) is 0 Å². The fourth-order valence-corrected chi connectivity index (χ4v) is 3.33. The third-order valence-electron chi connectivity index (χ3n) is 3.90. The molecule has 2 aromatic heterocycles. The molecule has 0 unspecified atom stereocenters. The van der Waals surface area contributed by atoms with E-state index in [0.29, 0.717) is 46.9 Å². The zero-order valence-electron chi connectivity index (χ0n) is 14.7. The monoisotopic (exact) mass is 358 g/mol. The van der Waals surface area contributed by atoms with Gasteiger partial charge in [-0.2, -0.15) is 4.98 Å². The van der Waals surface area contributed by atoms with Crippen molar-refractivity contribution in [1.29, 1.82) is 0 Å². The molecule has 0 aliphatic heterocycles. The molecule has 0 bridgehead atoms. The van der Waals surface area contributed by atoms with Crippen LogP contribution in [0.25, 0.3) is 10.9 Å². The fraction of sp³-hybridized carbons (Fsp3) is 0.444. The van der Waals surface area contributed by atoms with Crippen LogP contribution in [0.3, 0.4) is 0 Å². The van der Waals surface area contributed by atoms with E-state index in [2.05, 4.69) is 24.0 Å². The van der Waals surface area contributed by atoms with Crippen molar-refractivity contribution in [3.8, 4) is 0 Å². The highest BCUT2D eigenvalue weighted by Gasteiger charge is 2.13. The molecule has 2 heterocycles. The Bertz CT molecular complexity index is 917. The summed E-state index contributed by atoms with van der Waals surface area (Å²) in [7, 11) is 0. The van der Waals surface area contributed by atoms with Gasteiger partial charge in [0.2, 0.25) is 5.89 Å². The molecule has 3 rings (SSSR count). The van der Waals surface area contributed by atoms with Crippen LogP contribution in [-0.4, -0.2) is 19.7 Å². The molecule has 25 heavy (non-hydrogen) atoms. The maximum atomic E-state index is 12.9. The van der Waals surface area contributed by atoms with Crippen LogP contribution in [-0.2, 0) is 18.7 Å². The van der Waals surface area contributed by atoms with Crippen molar-refractivity contribution in [1.82, 2.24) is 19.7 Å². The highest BCUT2D eigenvalue weighted by molar-refractivity contribution is 7.98. The Balaban J connectivity index is 1.93. The number of hydrogen-bond acceptors (Lipinski definition) is 6. The smallest absolute Gasteiger partial charge is 0.262 e. The second-order valence-corrected chi connectivity index (χ2v) is 7.24. The summed E-state index contributed by atoms with van der Waals surface area (Å²) in [6.45, 7) is 6.93. The molecule has 0 aliphatic rings. The number of hydrogen-bond donors (Lipinski definition) is 0. The fourth-order valence-electron chi connectivity index (χ4n) is 2.46. The molecule has 0 atom stereocenters. The normalized spacial score (nSPS) is 11.5. The van der Waals surface area contributed by atoms with Crippen molar-refractivity contribution in [2.75, 3.05) is 0 Å². The Morgan fingerprint density at radius 2 is 2.04 bits per heavy atom. The predicted octanol–water partition coefficient (Wildman–Crippen LogP) is 3.68. The molecular formula is C18H22N4O2S. The van der Waals surface area contributed by atoms with Gasteiger partial charge < -0.3 is 4.52 Å². The van der Waals surface area contributed by atoms with Crippen molar-refractivity contribution in [3.05, 3.63) is 46.3 Å². The van der Waals surface area contributed by atoms with E-state index in [1.165, 1.54) is 11.8 Å². The molecule has 0 spiro atoms. The Morgan fingerprint density at radius 1 is 1.24 bits per heavy atom. The van der Waals surface area contributed by atoms with Gasteiger partial charge >= 0.3 is 0 Å². The van der Waals surface area contributed by atoms with Crippen molar-refractivity contribution in [2.45, 2.75) is 51.1 Å². The average Bonchev–Trinajstić information content (AvgIpc) is 3.07. The zero-order valence-corrected chi connectivity index (χ0v) is 15.5. The van der Waals surface area contributed by atoms with Crippen LogP contribution in [0.2, 0.25) is 0 Å². The van der Waals surface area contributed by atoms with Crippen LogP contribution in [0.15, 0.2) is 38.7 Å². The summed E-state index contributed by atoms with van der Waals surface area (Å²) < 4.78 is 6.91. The van der Waals surface area contributed by atoms with E-state index < -0.39 is 0 Å². The number of thioether (sulfide) groups is 1. The van der Waals surface area contributed by atoms with Gasteiger partial charge in [-0.05, 0) is 24.5 Å². The Kier molecular flexibility index (Phi) is 5.53. The third-order valence-corrected chi connectivity index (χ3v) is 4.87. The van der Waals surface area contributed by atoms with Gasteiger partial charge in [-0.25, -0.2) is 4.98 Å². The lowest BCUT2D eigenvalue weighted by atomic mass is 10.1. The van der Waals surface area contributed by atoms with E-state index in [0.717, 1.165) is 11.9 Å². The van der Waals surface area contributed by atoms with Gasteiger partial charge in [0.05, 0.1) is 16.7 Å². The highest BCUT2D eigenvalue weighted by atomic mass is 32.2. The standard InChI is InChI=1S/C18H22N4O2S/c1-4-16-20-15(21-24-16)11-25-18-19-14-8-6-5-7-13(14)17(23)22(18)10-9-12(2)3/h5-8,12H,4,9-11H2,1-3H3. The number of para-hydroxylation sites is 1. The maximum absolute atomic E-state index is 12.9. The van der Waals surface area contributed by atoms with Crippen molar-refractivity contribution >= 4 is 22.7 Å². The van der Waals surface area contributed by atoms with E-state index in [9.17, 15) is 4.79 Å². The molecule has 0 aliphatic carbocycles. The molecule has 0 saturated carbocycles. The van der Waals surface area contributed by atoms with Gasteiger partial charge in [0.25, 0.3) is 5.56 Å². The third kappa shape index (κ3) is 4.10. The minimum absolute atomic E-state index is 0.0103. The van der Waals surface area contributed by atoms with Gasteiger partial charge in [0, 0.05) is 13.0 Å². The lowest BCUT2D eigenvalue weighted by molar-refractivity contribution is 0.378. The van der Waals surface area contributed by atoms with Gasteiger partial charge in [-0.15, -0.1) is 0 Å². The summed E-state index contributed by atoms with van der Waals surface area (Å²) >= 11 is 1.47. The average molecular weight is 358 g/mol. The molecule has 0 saturated heterocycles. The SMILES string of the molecule is CCc1nc(CSc2nc3ccccc3c(=O)n2CCC(C)C)no1. The van der Waals surface area contributed by atoms with Gasteiger partial charge in [-0.3, -0.25) is 9.36 Å². The summed E-state index contributed by atoms with van der Waals surface area (Å²) in [6.07, 6.45) is 1.64. The summed E-state index contributed by atoms with van der Waals surface area (Å²) in [5.41, 5.74) is 0.731. The highest BCUT2D eigenvalue weighted by Crippen LogP contribution is 2.22. The predicted molar refractivity (Wildman–Crippen MR) is 98.7 cm³/mol. The summed E-state index contributed by atoms with van der Waals surface area (Å²) in [4.78, 5) is 21.9. The Hall–Kier alpha value is -2.15. The van der Waals surface area contributed by atoms with E-state index in [4.69, 9.17) is 9.51 Å². The van der Waals surface area contributed by atoms with E-state index in [1.807, 2.05) is 31.2 Å². The largest absolute Gasteiger partial charge is 0.339 e. The topological polar surface area (TPSA) is 73.8 Å². The van der Waals surface area contributed by atoms with Gasteiger partial charge in [0.15, 0.2) is 11.0 Å². The first kappa shape index (κ1) is 17.7. The minimum atomic E-state index is 0.0103. The number of rotatable bonds is 7. The first-order valence-electron chi connectivity index (χ1n) is 8.52. The lowest BCUT2D eigenvalue weighted by Gasteiger charge is -2.13. The molecule has 0 N–H and O–H groups in total. The molecule has 6 nitrogen and oxygen atoms in total. The van der Waals surface area contributed by atoms with E-state index in [1.54, 1.807) is 4.57 Å². The zero-order chi connectivity index (χ0) is 17.8.